The average Bonchev–Trinajstić information content (AvgIpc) is 2.92. The number of hydrogen-bond acceptors (Lipinski definition) is 3. The molecule has 0 spiro atoms. The normalized spacial score (nSPS) is 13.3. The van der Waals surface area contributed by atoms with Crippen LogP contribution in [0.2, 0.25) is 0 Å². The van der Waals surface area contributed by atoms with Gasteiger partial charge >= 0.3 is 0 Å². The predicted molar refractivity (Wildman–Crippen MR) is 83.4 cm³/mol. The molecule has 1 aromatic heterocycles. The van der Waals surface area contributed by atoms with Gasteiger partial charge in [0, 0.05) is 30.5 Å². The van der Waals surface area contributed by atoms with Crippen LogP contribution in [0.3, 0.4) is 0 Å². The molecule has 1 aliphatic carbocycles. The maximum Gasteiger partial charge on any atom is 0.137 e. The first kappa shape index (κ1) is 13.1. The maximum absolute atomic E-state index is 5.93. The Balaban J connectivity index is 2.07. The zero-order chi connectivity index (χ0) is 14.1. The first-order valence-corrected chi connectivity index (χ1v) is 7.22. The number of aryl methyl sites for hydroxylation is 3. The van der Waals surface area contributed by atoms with Crippen molar-refractivity contribution in [3.8, 4) is 0 Å². The van der Waals surface area contributed by atoms with Crippen molar-refractivity contribution in [2.45, 2.75) is 32.7 Å². The van der Waals surface area contributed by atoms with E-state index in [1.165, 1.54) is 28.9 Å². The molecule has 1 aliphatic rings. The molecule has 0 saturated heterocycles. The molecule has 0 amide bonds. The highest BCUT2D eigenvalue weighted by Gasteiger charge is 2.19. The van der Waals surface area contributed by atoms with Gasteiger partial charge in [-0.1, -0.05) is 18.2 Å². The van der Waals surface area contributed by atoms with Crippen LogP contribution in [0.4, 0.5) is 11.5 Å². The van der Waals surface area contributed by atoms with Crippen molar-refractivity contribution in [1.29, 1.82) is 0 Å². The van der Waals surface area contributed by atoms with E-state index in [2.05, 4.69) is 49.2 Å². The second-order valence-corrected chi connectivity index (χ2v) is 5.48. The van der Waals surface area contributed by atoms with Crippen molar-refractivity contribution < 1.29 is 0 Å². The summed E-state index contributed by atoms with van der Waals surface area (Å²) in [7, 11) is 2.07. The van der Waals surface area contributed by atoms with Crippen molar-refractivity contribution in [2.24, 2.45) is 5.73 Å². The summed E-state index contributed by atoms with van der Waals surface area (Å²) < 4.78 is 0. The van der Waals surface area contributed by atoms with Gasteiger partial charge in [-0.25, -0.2) is 4.98 Å². The summed E-state index contributed by atoms with van der Waals surface area (Å²) in [6, 6.07) is 10.6. The summed E-state index contributed by atoms with van der Waals surface area (Å²) in [5.41, 5.74) is 12.1. The fourth-order valence-electron chi connectivity index (χ4n) is 3.00. The van der Waals surface area contributed by atoms with Crippen LogP contribution in [-0.2, 0) is 19.4 Å². The lowest BCUT2D eigenvalue weighted by Gasteiger charge is -2.23. The van der Waals surface area contributed by atoms with Gasteiger partial charge in [-0.2, -0.15) is 0 Å². The van der Waals surface area contributed by atoms with Crippen LogP contribution >= 0.6 is 0 Å². The van der Waals surface area contributed by atoms with Crippen molar-refractivity contribution in [3.63, 3.8) is 0 Å². The summed E-state index contributed by atoms with van der Waals surface area (Å²) in [4.78, 5) is 7.05. The number of pyridine rings is 1. The number of para-hydroxylation sites is 1. The van der Waals surface area contributed by atoms with Gasteiger partial charge in [-0.15, -0.1) is 0 Å². The zero-order valence-corrected chi connectivity index (χ0v) is 12.2. The minimum absolute atomic E-state index is 0.534. The van der Waals surface area contributed by atoms with Gasteiger partial charge in [0.1, 0.15) is 5.82 Å². The molecule has 1 heterocycles. The second kappa shape index (κ2) is 5.25. The van der Waals surface area contributed by atoms with E-state index in [1.807, 2.05) is 0 Å². The fourth-order valence-corrected chi connectivity index (χ4v) is 3.00. The minimum Gasteiger partial charge on any atom is -0.329 e. The molecule has 20 heavy (non-hydrogen) atoms. The van der Waals surface area contributed by atoms with Crippen molar-refractivity contribution in [3.05, 3.63) is 52.7 Å². The number of anilines is 2. The number of hydrogen-bond donors (Lipinski definition) is 1. The third-order valence-electron chi connectivity index (χ3n) is 4.12. The molecule has 1 aromatic carbocycles. The Hall–Kier alpha value is -1.87. The van der Waals surface area contributed by atoms with Crippen LogP contribution in [0.25, 0.3) is 0 Å². The summed E-state index contributed by atoms with van der Waals surface area (Å²) in [6.45, 7) is 2.66. The van der Waals surface area contributed by atoms with Crippen molar-refractivity contribution >= 4 is 11.5 Å². The van der Waals surface area contributed by atoms with E-state index < -0.39 is 0 Å². The maximum atomic E-state index is 5.93. The number of nitrogens with two attached hydrogens (primary N) is 1. The van der Waals surface area contributed by atoms with E-state index in [0.717, 1.165) is 24.2 Å². The summed E-state index contributed by atoms with van der Waals surface area (Å²) in [5.74, 6) is 1.00. The van der Waals surface area contributed by atoms with E-state index in [0.29, 0.717) is 6.54 Å². The number of nitrogens with zero attached hydrogens (tertiary/aromatic N) is 2. The molecular formula is C17H21N3. The molecular weight excluding hydrogens is 246 g/mol. The fraction of sp³-hybridized carbons (Fsp3) is 0.353. The highest BCUT2D eigenvalue weighted by Crippen LogP contribution is 2.31. The second-order valence-electron chi connectivity index (χ2n) is 5.48. The molecule has 0 unspecified atom stereocenters. The van der Waals surface area contributed by atoms with Gasteiger partial charge < -0.3 is 10.6 Å². The van der Waals surface area contributed by atoms with Crippen molar-refractivity contribution in [2.75, 3.05) is 11.9 Å². The van der Waals surface area contributed by atoms with E-state index >= 15 is 0 Å². The van der Waals surface area contributed by atoms with Crippen molar-refractivity contribution in [1.82, 2.24) is 4.98 Å². The molecule has 0 atom stereocenters. The number of rotatable bonds is 3. The molecule has 3 heteroatoms. The first-order valence-electron chi connectivity index (χ1n) is 7.22. The standard InChI is InChI=1S/C17H21N3/c1-12-6-3-4-9-16(12)20(2)17-14(11-18)10-13-7-5-8-15(13)19-17/h3-4,6,9-10H,5,7-8,11,18H2,1-2H3. The molecule has 0 bridgehead atoms. The topological polar surface area (TPSA) is 42.2 Å². The molecule has 3 nitrogen and oxygen atoms in total. The van der Waals surface area contributed by atoms with Crippen LogP contribution in [0.5, 0.6) is 0 Å². The molecule has 104 valence electrons. The van der Waals surface area contributed by atoms with Gasteiger partial charge in [0.15, 0.2) is 0 Å². The number of fused-ring (bicyclic) bond motifs is 1. The van der Waals surface area contributed by atoms with Gasteiger partial charge in [0.2, 0.25) is 0 Å². The van der Waals surface area contributed by atoms with Gasteiger partial charge in [-0.3, -0.25) is 0 Å². The molecule has 3 rings (SSSR count). The van der Waals surface area contributed by atoms with Gasteiger partial charge in [0.05, 0.1) is 0 Å². The highest BCUT2D eigenvalue weighted by atomic mass is 15.2. The highest BCUT2D eigenvalue weighted by molar-refractivity contribution is 5.66. The smallest absolute Gasteiger partial charge is 0.137 e. The lowest BCUT2D eigenvalue weighted by atomic mass is 10.1. The van der Waals surface area contributed by atoms with Crippen LogP contribution in [0.1, 0.15) is 28.8 Å². The monoisotopic (exact) mass is 267 g/mol. The Morgan fingerprint density at radius 1 is 1.25 bits per heavy atom. The lowest BCUT2D eigenvalue weighted by Crippen LogP contribution is -2.17. The molecule has 2 N–H and O–H groups in total. The summed E-state index contributed by atoms with van der Waals surface area (Å²) >= 11 is 0. The lowest BCUT2D eigenvalue weighted by molar-refractivity contribution is 0.897. The quantitative estimate of drug-likeness (QED) is 0.929. The third kappa shape index (κ3) is 2.18. The Morgan fingerprint density at radius 3 is 2.80 bits per heavy atom. The van der Waals surface area contributed by atoms with Crippen LogP contribution in [0, 0.1) is 6.92 Å². The van der Waals surface area contributed by atoms with Gasteiger partial charge in [0.25, 0.3) is 0 Å². The van der Waals surface area contributed by atoms with Gasteiger partial charge in [-0.05, 0) is 49.4 Å². The predicted octanol–water partition coefficient (Wildman–Crippen LogP) is 3.11. The Morgan fingerprint density at radius 2 is 2.05 bits per heavy atom. The molecule has 0 radical (unpaired) electrons. The third-order valence-corrected chi connectivity index (χ3v) is 4.12. The van der Waals surface area contributed by atoms with E-state index in [9.17, 15) is 0 Å². The van der Waals surface area contributed by atoms with E-state index in [-0.39, 0.29) is 0 Å². The minimum atomic E-state index is 0.534. The SMILES string of the molecule is Cc1ccccc1N(C)c1nc2c(cc1CN)CCC2. The first-order chi connectivity index (χ1) is 9.70. The molecule has 0 aliphatic heterocycles. The van der Waals surface area contributed by atoms with E-state index in [4.69, 9.17) is 10.7 Å². The number of benzene rings is 1. The van der Waals surface area contributed by atoms with Crippen LogP contribution < -0.4 is 10.6 Å². The summed E-state index contributed by atoms with van der Waals surface area (Å²) in [6.07, 6.45) is 3.45. The molecule has 2 aromatic rings. The van der Waals surface area contributed by atoms with E-state index in [1.54, 1.807) is 0 Å². The number of aromatic nitrogens is 1. The largest absolute Gasteiger partial charge is 0.329 e. The van der Waals surface area contributed by atoms with Crippen LogP contribution in [-0.4, -0.2) is 12.0 Å². The Bertz CT molecular complexity index is 634. The van der Waals surface area contributed by atoms with Crippen LogP contribution in [0.15, 0.2) is 30.3 Å². The average molecular weight is 267 g/mol. The molecule has 0 fully saturated rings. The Labute approximate surface area is 120 Å². The zero-order valence-electron chi connectivity index (χ0n) is 12.2. The molecule has 0 saturated carbocycles. The summed E-state index contributed by atoms with van der Waals surface area (Å²) in [5, 5.41) is 0. The Kier molecular flexibility index (Phi) is 3.45.